The molecule has 0 aliphatic carbocycles. The van der Waals surface area contributed by atoms with Crippen LogP contribution in [0.25, 0.3) is 0 Å². The van der Waals surface area contributed by atoms with E-state index < -0.39 is 0 Å². The van der Waals surface area contributed by atoms with Gasteiger partial charge in [0, 0.05) is 5.03 Å². The molecule has 0 spiro atoms. The molecule has 0 unspecified atom stereocenters. The van der Waals surface area contributed by atoms with Crippen LogP contribution in [-0.4, -0.2) is 0 Å². The summed E-state index contributed by atoms with van der Waals surface area (Å²) in [5.41, 5.74) is 0. The summed E-state index contributed by atoms with van der Waals surface area (Å²) in [6, 6.07) is 0. The van der Waals surface area contributed by atoms with E-state index in [4.69, 9.17) is 11.6 Å². The van der Waals surface area contributed by atoms with Gasteiger partial charge >= 0.3 is 0 Å². The Kier molecular flexibility index (Phi) is 8.04. The van der Waals surface area contributed by atoms with Crippen molar-refractivity contribution in [1.29, 1.82) is 0 Å². The van der Waals surface area contributed by atoms with Crippen LogP contribution in [0.4, 0.5) is 0 Å². The lowest BCUT2D eigenvalue weighted by atomic mass is 10.1. The molecule has 0 aromatic heterocycles. The fourth-order valence-electron chi connectivity index (χ4n) is 0.987. The third kappa shape index (κ3) is 10.2. The Morgan fingerprint density at radius 3 is 1.92 bits per heavy atom. The van der Waals surface area contributed by atoms with Crippen molar-refractivity contribution in [3.05, 3.63) is 22.7 Å². The first-order valence-electron chi connectivity index (χ1n) is 4.29. The molecule has 0 aliphatic heterocycles. The van der Waals surface area contributed by atoms with Gasteiger partial charge in [0.1, 0.15) is 0 Å². The summed E-state index contributed by atoms with van der Waals surface area (Å²) in [6.07, 6.45) is 6.93. The van der Waals surface area contributed by atoms with E-state index in [9.17, 15) is 0 Å². The summed E-state index contributed by atoms with van der Waals surface area (Å²) in [5, 5.41) is 0.778. The van der Waals surface area contributed by atoms with Crippen LogP contribution in [0, 0.1) is 0 Å². The van der Waals surface area contributed by atoms with Crippen LogP contribution in [0.15, 0.2) is 22.7 Å². The average molecular weight is 252 g/mol. The maximum atomic E-state index is 5.62. The molecule has 0 saturated carbocycles. The van der Waals surface area contributed by atoms with E-state index in [1.165, 1.54) is 19.3 Å². The quantitative estimate of drug-likeness (QED) is 0.559. The fraction of sp³-hybridized carbons (Fsp3) is 0.600. The second kappa shape index (κ2) is 7.88. The number of allylic oxidation sites excluding steroid dienone is 2. The van der Waals surface area contributed by atoms with Crippen LogP contribution < -0.4 is 0 Å². The van der Waals surface area contributed by atoms with Gasteiger partial charge in [-0.1, -0.05) is 53.5 Å². The average Bonchev–Trinajstić information content (AvgIpc) is 1.95. The molecule has 0 rings (SSSR count). The Hall–Kier alpha value is 0.250. The van der Waals surface area contributed by atoms with Crippen molar-refractivity contribution in [1.82, 2.24) is 0 Å². The number of hydrogen-bond donors (Lipinski definition) is 0. The normalized spacial score (nSPS) is 9.83. The Labute approximate surface area is 88.8 Å². The Balaban J connectivity index is 3.01. The second-order valence-corrected chi connectivity index (χ2v) is 4.60. The monoisotopic (exact) mass is 250 g/mol. The van der Waals surface area contributed by atoms with E-state index in [-0.39, 0.29) is 0 Å². The van der Waals surface area contributed by atoms with E-state index in [1.54, 1.807) is 0 Å². The summed E-state index contributed by atoms with van der Waals surface area (Å²) < 4.78 is 1.10. The number of rotatable bonds is 7. The van der Waals surface area contributed by atoms with Crippen LogP contribution in [0.2, 0.25) is 0 Å². The van der Waals surface area contributed by atoms with Crippen LogP contribution in [-0.2, 0) is 0 Å². The molecule has 12 heavy (non-hydrogen) atoms. The van der Waals surface area contributed by atoms with Crippen LogP contribution in [0.1, 0.15) is 38.5 Å². The lowest BCUT2D eigenvalue weighted by Crippen LogP contribution is -1.79. The molecule has 0 radical (unpaired) electrons. The predicted octanol–water partition coefficient (Wildman–Crippen LogP) is 4.99. The topological polar surface area (TPSA) is 0 Å². The highest BCUT2D eigenvalue weighted by Crippen LogP contribution is 2.15. The first-order chi connectivity index (χ1) is 5.63. The molecule has 0 nitrogen and oxygen atoms in total. The van der Waals surface area contributed by atoms with Gasteiger partial charge in [-0.3, -0.25) is 0 Å². The molecule has 2 heteroatoms. The van der Waals surface area contributed by atoms with E-state index in [0.29, 0.717) is 0 Å². The minimum atomic E-state index is 0.778. The SMILES string of the molecule is C=C(Cl)CCCCCCC(=C)Br. The van der Waals surface area contributed by atoms with Gasteiger partial charge < -0.3 is 0 Å². The van der Waals surface area contributed by atoms with Crippen molar-refractivity contribution in [3.8, 4) is 0 Å². The molecular formula is C10H16BrCl. The van der Waals surface area contributed by atoms with Crippen LogP contribution >= 0.6 is 27.5 Å². The van der Waals surface area contributed by atoms with Gasteiger partial charge in [0.2, 0.25) is 0 Å². The number of halogens is 2. The van der Waals surface area contributed by atoms with Gasteiger partial charge in [-0.05, 0) is 30.2 Å². The van der Waals surface area contributed by atoms with Crippen LogP contribution in [0.3, 0.4) is 0 Å². The lowest BCUT2D eigenvalue weighted by molar-refractivity contribution is 0.649. The van der Waals surface area contributed by atoms with E-state index >= 15 is 0 Å². The van der Waals surface area contributed by atoms with Crippen molar-refractivity contribution in [3.63, 3.8) is 0 Å². The molecule has 0 aliphatic rings. The molecule has 0 aromatic carbocycles. The molecule has 70 valence electrons. The summed E-state index contributed by atoms with van der Waals surface area (Å²) >= 11 is 8.96. The zero-order chi connectivity index (χ0) is 9.40. The Morgan fingerprint density at radius 2 is 1.50 bits per heavy atom. The van der Waals surface area contributed by atoms with Gasteiger partial charge in [-0.2, -0.15) is 0 Å². The molecule has 0 amide bonds. The largest absolute Gasteiger partial charge is 0.0898 e. The van der Waals surface area contributed by atoms with E-state index in [2.05, 4.69) is 29.1 Å². The smallest absolute Gasteiger partial charge is 0.0109 e. The third-order valence-corrected chi connectivity index (χ3v) is 2.23. The molecule has 0 heterocycles. The highest BCUT2D eigenvalue weighted by Gasteiger charge is 1.92. The van der Waals surface area contributed by atoms with Gasteiger partial charge in [-0.25, -0.2) is 0 Å². The van der Waals surface area contributed by atoms with Crippen molar-refractivity contribution in [2.45, 2.75) is 38.5 Å². The minimum absolute atomic E-state index is 0.778. The molecule has 0 fully saturated rings. The van der Waals surface area contributed by atoms with E-state index in [0.717, 1.165) is 28.8 Å². The molecule has 0 bridgehead atoms. The maximum Gasteiger partial charge on any atom is 0.0109 e. The first kappa shape index (κ1) is 12.2. The molecule has 0 saturated heterocycles. The van der Waals surface area contributed by atoms with Crippen molar-refractivity contribution in [2.24, 2.45) is 0 Å². The molecule has 0 aromatic rings. The lowest BCUT2D eigenvalue weighted by Gasteiger charge is -1.99. The Bertz CT molecular complexity index is 134. The van der Waals surface area contributed by atoms with Crippen molar-refractivity contribution < 1.29 is 0 Å². The summed E-state index contributed by atoms with van der Waals surface area (Å²) in [7, 11) is 0. The maximum absolute atomic E-state index is 5.62. The van der Waals surface area contributed by atoms with E-state index in [1.807, 2.05) is 0 Å². The fourth-order valence-corrected chi connectivity index (χ4v) is 1.40. The number of unbranched alkanes of at least 4 members (excludes halogenated alkanes) is 3. The second-order valence-electron chi connectivity index (χ2n) is 2.95. The first-order valence-corrected chi connectivity index (χ1v) is 5.46. The minimum Gasteiger partial charge on any atom is -0.0898 e. The van der Waals surface area contributed by atoms with Gasteiger partial charge in [-0.15, -0.1) is 0 Å². The highest BCUT2D eigenvalue weighted by atomic mass is 79.9. The Morgan fingerprint density at radius 1 is 1.00 bits per heavy atom. The summed E-state index contributed by atoms with van der Waals surface area (Å²) in [4.78, 5) is 0. The van der Waals surface area contributed by atoms with Gasteiger partial charge in [0.25, 0.3) is 0 Å². The molecule has 0 atom stereocenters. The van der Waals surface area contributed by atoms with Crippen molar-refractivity contribution >= 4 is 27.5 Å². The van der Waals surface area contributed by atoms with Crippen LogP contribution in [0.5, 0.6) is 0 Å². The highest BCUT2D eigenvalue weighted by molar-refractivity contribution is 9.11. The van der Waals surface area contributed by atoms with Gasteiger partial charge in [0.05, 0.1) is 0 Å². The standard InChI is InChI=1S/C10H16BrCl/c1-9(11)7-5-3-4-6-8-10(2)12/h1-8H2. The predicted molar refractivity (Wildman–Crippen MR) is 60.8 cm³/mol. The number of hydrogen-bond acceptors (Lipinski definition) is 0. The summed E-state index contributed by atoms with van der Waals surface area (Å²) in [6.45, 7) is 7.43. The zero-order valence-corrected chi connectivity index (χ0v) is 9.75. The molecule has 0 N–H and O–H groups in total. The third-order valence-electron chi connectivity index (χ3n) is 1.65. The van der Waals surface area contributed by atoms with Crippen molar-refractivity contribution in [2.75, 3.05) is 0 Å². The zero-order valence-electron chi connectivity index (χ0n) is 7.41. The van der Waals surface area contributed by atoms with Gasteiger partial charge in [0.15, 0.2) is 0 Å². The summed E-state index contributed by atoms with van der Waals surface area (Å²) in [5.74, 6) is 0. The molecular weight excluding hydrogens is 235 g/mol.